The zero-order chi connectivity index (χ0) is 22.2. The first-order valence-electron chi connectivity index (χ1n) is 9.01. The summed E-state index contributed by atoms with van der Waals surface area (Å²) in [5.41, 5.74) is 1.06. The van der Waals surface area contributed by atoms with Crippen molar-refractivity contribution in [1.29, 1.82) is 0 Å². The molecule has 0 bridgehead atoms. The number of hydrogen-bond donors (Lipinski definition) is 1. The SMILES string of the molecule is COc1nc(OCC(F)F)c(F)cc1NS(=O)(=O)c1cnc2cc(C3COC3)ccn12. The fraction of sp³-hybridized carbons (Fsp3) is 0.333. The standard InChI is InChI=1S/C18H17F3N4O5S/c1-28-18-13(5-12(19)17(23-18)30-9-14(20)21)24-31(26,27)16-6-22-15-4-10(2-3-25(15)16)11-7-29-8-11/h2-6,11,14,24H,7-9H2,1H3. The zero-order valence-electron chi connectivity index (χ0n) is 16.1. The van der Waals surface area contributed by atoms with Crippen LogP contribution in [0.25, 0.3) is 5.65 Å². The molecule has 0 spiro atoms. The number of sulfonamides is 1. The van der Waals surface area contributed by atoms with Crippen LogP contribution in [-0.2, 0) is 14.8 Å². The van der Waals surface area contributed by atoms with Crippen LogP contribution < -0.4 is 14.2 Å². The van der Waals surface area contributed by atoms with E-state index in [-0.39, 0.29) is 22.5 Å². The average Bonchev–Trinajstić information content (AvgIpc) is 3.10. The van der Waals surface area contributed by atoms with Gasteiger partial charge in [-0.05, 0) is 17.7 Å². The molecule has 4 rings (SSSR count). The normalized spacial score (nSPS) is 14.6. The molecule has 0 saturated carbocycles. The monoisotopic (exact) mass is 458 g/mol. The molecule has 1 aliphatic heterocycles. The lowest BCUT2D eigenvalue weighted by molar-refractivity contribution is 0.00843. The van der Waals surface area contributed by atoms with Crippen LogP contribution in [0.15, 0.2) is 35.6 Å². The van der Waals surface area contributed by atoms with E-state index in [9.17, 15) is 21.6 Å². The summed E-state index contributed by atoms with van der Waals surface area (Å²) < 4.78 is 82.9. The van der Waals surface area contributed by atoms with Gasteiger partial charge in [0.1, 0.15) is 11.3 Å². The van der Waals surface area contributed by atoms with Crippen molar-refractivity contribution in [2.24, 2.45) is 0 Å². The lowest BCUT2D eigenvalue weighted by atomic mass is 9.99. The number of anilines is 1. The van der Waals surface area contributed by atoms with Gasteiger partial charge in [-0.25, -0.2) is 18.2 Å². The average molecular weight is 458 g/mol. The number of ether oxygens (including phenoxy) is 3. The molecule has 0 atom stereocenters. The van der Waals surface area contributed by atoms with Gasteiger partial charge in [-0.2, -0.15) is 13.4 Å². The molecule has 1 fully saturated rings. The van der Waals surface area contributed by atoms with E-state index in [0.29, 0.717) is 18.9 Å². The van der Waals surface area contributed by atoms with Crippen molar-refractivity contribution in [3.63, 3.8) is 0 Å². The van der Waals surface area contributed by atoms with Gasteiger partial charge in [0.15, 0.2) is 17.5 Å². The summed E-state index contributed by atoms with van der Waals surface area (Å²) in [6.45, 7) is 0.118. The van der Waals surface area contributed by atoms with Crippen molar-refractivity contribution in [2.45, 2.75) is 17.4 Å². The Bertz CT molecular complexity index is 1210. The van der Waals surface area contributed by atoms with Gasteiger partial charge in [-0.1, -0.05) is 0 Å². The molecule has 9 nitrogen and oxygen atoms in total. The predicted octanol–water partition coefficient (Wildman–Crippen LogP) is 2.44. The number of halogens is 3. The molecule has 0 amide bonds. The first kappa shape index (κ1) is 21.2. The summed E-state index contributed by atoms with van der Waals surface area (Å²) in [6, 6.07) is 4.28. The third-order valence-corrected chi connectivity index (χ3v) is 5.92. The Morgan fingerprint density at radius 3 is 2.74 bits per heavy atom. The van der Waals surface area contributed by atoms with E-state index >= 15 is 0 Å². The van der Waals surface area contributed by atoms with Crippen molar-refractivity contribution in [3.8, 4) is 11.8 Å². The van der Waals surface area contributed by atoms with Crippen LogP contribution in [-0.4, -0.2) is 56.1 Å². The molecule has 0 aromatic carbocycles. The molecular formula is C18H17F3N4O5S. The second-order valence-corrected chi connectivity index (χ2v) is 8.29. The molecule has 0 radical (unpaired) electrons. The quantitative estimate of drug-likeness (QED) is 0.553. The van der Waals surface area contributed by atoms with Crippen LogP contribution in [0.3, 0.4) is 0 Å². The van der Waals surface area contributed by atoms with Crippen LogP contribution in [0.2, 0.25) is 0 Å². The van der Waals surface area contributed by atoms with E-state index in [1.54, 1.807) is 18.3 Å². The zero-order valence-corrected chi connectivity index (χ0v) is 16.9. The van der Waals surface area contributed by atoms with E-state index in [4.69, 9.17) is 9.47 Å². The number of alkyl halides is 2. The van der Waals surface area contributed by atoms with E-state index in [1.165, 1.54) is 4.40 Å². The highest BCUT2D eigenvalue weighted by Crippen LogP contribution is 2.31. The van der Waals surface area contributed by atoms with Gasteiger partial charge >= 0.3 is 0 Å². The van der Waals surface area contributed by atoms with Crippen molar-refractivity contribution in [3.05, 3.63) is 42.0 Å². The lowest BCUT2D eigenvalue weighted by Crippen LogP contribution is -2.25. The van der Waals surface area contributed by atoms with Gasteiger partial charge in [-0.15, -0.1) is 0 Å². The van der Waals surface area contributed by atoms with Gasteiger partial charge < -0.3 is 14.2 Å². The van der Waals surface area contributed by atoms with Crippen molar-refractivity contribution in [2.75, 3.05) is 31.7 Å². The van der Waals surface area contributed by atoms with Crippen molar-refractivity contribution < 1.29 is 35.8 Å². The molecule has 4 heterocycles. The second kappa shape index (κ2) is 8.23. The van der Waals surface area contributed by atoms with Gasteiger partial charge in [0.25, 0.3) is 22.3 Å². The van der Waals surface area contributed by atoms with Crippen LogP contribution in [0.4, 0.5) is 18.9 Å². The second-order valence-electron chi connectivity index (χ2n) is 6.66. The number of rotatable bonds is 8. The minimum atomic E-state index is -4.23. The Kier molecular flexibility index (Phi) is 5.62. The number of fused-ring (bicyclic) bond motifs is 1. The minimum Gasteiger partial charge on any atom is -0.479 e. The summed E-state index contributed by atoms with van der Waals surface area (Å²) in [5, 5.41) is -0.195. The van der Waals surface area contributed by atoms with Crippen LogP contribution in [0.1, 0.15) is 11.5 Å². The molecule has 0 aliphatic carbocycles. The molecule has 1 saturated heterocycles. The summed E-state index contributed by atoms with van der Waals surface area (Å²) in [5.74, 6) is -1.98. The highest BCUT2D eigenvalue weighted by molar-refractivity contribution is 7.92. The Morgan fingerprint density at radius 1 is 1.32 bits per heavy atom. The van der Waals surface area contributed by atoms with E-state index in [0.717, 1.165) is 24.9 Å². The third kappa shape index (κ3) is 4.23. The van der Waals surface area contributed by atoms with Gasteiger partial charge in [0.05, 0.1) is 26.5 Å². The molecule has 3 aromatic heterocycles. The van der Waals surface area contributed by atoms with E-state index in [2.05, 4.69) is 19.4 Å². The summed E-state index contributed by atoms with van der Waals surface area (Å²) >= 11 is 0. The fourth-order valence-electron chi connectivity index (χ4n) is 2.98. The van der Waals surface area contributed by atoms with Gasteiger partial charge in [0.2, 0.25) is 5.88 Å². The number of hydrogen-bond acceptors (Lipinski definition) is 7. The smallest absolute Gasteiger partial charge is 0.279 e. The number of aromatic nitrogens is 3. The number of nitrogens with zero attached hydrogens (tertiary/aromatic N) is 3. The highest BCUT2D eigenvalue weighted by atomic mass is 32.2. The summed E-state index contributed by atoms with van der Waals surface area (Å²) in [7, 11) is -3.07. The molecule has 1 aliphatic rings. The summed E-state index contributed by atoms with van der Waals surface area (Å²) in [6.07, 6.45) is -0.102. The molecular weight excluding hydrogens is 441 g/mol. The molecule has 13 heteroatoms. The maximum Gasteiger partial charge on any atom is 0.279 e. The highest BCUT2D eigenvalue weighted by Gasteiger charge is 2.25. The van der Waals surface area contributed by atoms with E-state index in [1.807, 2.05) is 0 Å². The van der Waals surface area contributed by atoms with Gasteiger partial charge in [0, 0.05) is 18.2 Å². The molecule has 3 aromatic rings. The van der Waals surface area contributed by atoms with Crippen LogP contribution in [0.5, 0.6) is 11.8 Å². The van der Waals surface area contributed by atoms with Gasteiger partial charge in [-0.3, -0.25) is 9.12 Å². The first-order chi connectivity index (χ1) is 14.8. The fourth-order valence-corrected chi connectivity index (χ4v) is 4.12. The van der Waals surface area contributed by atoms with Crippen LogP contribution in [0, 0.1) is 5.82 Å². The third-order valence-electron chi connectivity index (χ3n) is 4.58. The lowest BCUT2D eigenvalue weighted by Gasteiger charge is -2.26. The summed E-state index contributed by atoms with van der Waals surface area (Å²) in [4.78, 5) is 7.76. The predicted molar refractivity (Wildman–Crippen MR) is 102 cm³/mol. The number of nitrogens with one attached hydrogen (secondary N) is 1. The topological polar surface area (TPSA) is 104 Å². The minimum absolute atomic E-state index is 0.195. The molecule has 31 heavy (non-hydrogen) atoms. The largest absolute Gasteiger partial charge is 0.479 e. The number of methoxy groups -OCH3 is 1. The Hall–Kier alpha value is -3.06. The van der Waals surface area contributed by atoms with Crippen molar-refractivity contribution in [1.82, 2.24) is 14.4 Å². The molecule has 1 N–H and O–H groups in total. The molecule has 0 unspecified atom stereocenters. The molecule has 166 valence electrons. The van der Waals surface area contributed by atoms with E-state index < -0.39 is 34.8 Å². The first-order valence-corrected chi connectivity index (χ1v) is 10.5. The number of imidazole rings is 1. The Balaban J connectivity index is 1.63. The van der Waals surface area contributed by atoms with Crippen LogP contribution >= 0.6 is 0 Å². The van der Waals surface area contributed by atoms with Crippen molar-refractivity contribution >= 4 is 21.4 Å². The maximum absolute atomic E-state index is 14.2. The Labute approximate surface area is 174 Å². The Morgan fingerprint density at radius 2 is 2.10 bits per heavy atom. The maximum atomic E-state index is 14.2. The number of pyridine rings is 2.